The topological polar surface area (TPSA) is 72.6 Å². The second-order valence-corrected chi connectivity index (χ2v) is 7.68. The van der Waals surface area contributed by atoms with E-state index in [2.05, 4.69) is 4.98 Å². The van der Waals surface area contributed by atoms with Crippen LogP contribution in [-0.2, 0) is 4.74 Å². The summed E-state index contributed by atoms with van der Waals surface area (Å²) in [5.41, 5.74) is -0.371. The summed E-state index contributed by atoms with van der Waals surface area (Å²) in [5.74, 6) is 0.426. The van der Waals surface area contributed by atoms with Crippen molar-refractivity contribution in [3.63, 3.8) is 0 Å². The summed E-state index contributed by atoms with van der Waals surface area (Å²) in [6.07, 6.45) is 1.04. The summed E-state index contributed by atoms with van der Waals surface area (Å²) in [5, 5.41) is 0.849. The van der Waals surface area contributed by atoms with Crippen LogP contribution >= 0.6 is 11.6 Å². The lowest BCUT2D eigenvalue weighted by atomic mass is 9.97. The minimum Gasteiger partial charge on any atom is -0.444 e. The Hall–Kier alpha value is -2.08. The molecule has 134 valence electrons. The molecular formula is C18H21ClN2O4. The number of hydrogen-bond acceptors (Lipinski definition) is 5. The van der Waals surface area contributed by atoms with E-state index in [1.165, 1.54) is 0 Å². The first-order valence-corrected chi connectivity index (χ1v) is 8.69. The Morgan fingerprint density at radius 1 is 1.32 bits per heavy atom. The highest BCUT2D eigenvalue weighted by Gasteiger charge is 2.29. The molecule has 7 heteroatoms. The maximum absolute atomic E-state index is 12.2. The molecule has 2 heterocycles. The van der Waals surface area contributed by atoms with E-state index in [1.54, 1.807) is 23.1 Å². The molecule has 1 amide bonds. The molecular weight excluding hydrogens is 344 g/mol. The Labute approximate surface area is 150 Å². The van der Waals surface area contributed by atoms with E-state index in [9.17, 15) is 9.59 Å². The quantitative estimate of drug-likeness (QED) is 0.765. The van der Waals surface area contributed by atoms with Crippen LogP contribution in [0.25, 0.3) is 10.9 Å². The van der Waals surface area contributed by atoms with Crippen LogP contribution in [0.4, 0.5) is 4.79 Å². The number of nitrogens with zero attached hydrogens (tertiary/aromatic N) is 2. The van der Waals surface area contributed by atoms with Gasteiger partial charge in [0.1, 0.15) is 5.60 Å². The lowest BCUT2D eigenvalue weighted by molar-refractivity contribution is 0.0198. The fourth-order valence-corrected chi connectivity index (χ4v) is 3.04. The first-order valence-electron chi connectivity index (χ1n) is 8.31. The molecule has 1 aromatic carbocycles. The van der Waals surface area contributed by atoms with Crippen LogP contribution in [0, 0.1) is 0 Å². The lowest BCUT2D eigenvalue weighted by Crippen LogP contribution is -2.41. The van der Waals surface area contributed by atoms with Gasteiger partial charge in [-0.3, -0.25) is 0 Å². The third-order valence-corrected chi connectivity index (χ3v) is 4.34. The molecule has 0 bridgehead atoms. The summed E-state index contributed by atoms with van der Waals surface area (Å²) in [7, 11) is 0. The number of carbonyl (C=O) groups is 1. The van der Waals surface area contributed by atoms with Gasteiger partial charge in [0.2, 0.25) is 5.89 Å². The van der Waals surface area contributed by atoms with Gasteiger partial charge in [0.25, 0.3) is 0 Å². The molecule has 0 aliphatic carbocycles. The lowest BCUT2D eigenvalue weighted by Gasteiger charge is -2.32. The van der Waals surface area contributed by atoms with Crippen molar-refractivity contribution in [1.82, 2.24) is 9.88 Å². The number of benzene rings is 1. The van der Waals surface area contributed by atoms with Gasteiger partial charge in [-0.05, 0) is 51.8 Å². The van der Waals surface area contributed by atoms with Crippen LogP contribution in [0.15, 0.2) is 27.4 Å². The molecule has 6 nitrogen and oxygen atoms in total. The number of hydrogen-bond donors (Lipinski definition) is 0. The maximum atomic E-state index is 12.2. The van der Waals surface area contributed by atoms with Crippen molar-refractivity contribution < 1.29 is 13.9 Å². The Balaban J connectivity index is 1.73. The standard InChI is InChI=1S/C18H21ClN2O4/c1-18(2,3)25-17(23)21-8-6-11(7-9-21)15-20-14-5-4-12(19)10-13(14)16(22)24-15/h4-5,10-11H,6-9H2,1-3H3. The van der Waals surface area contributed by atoms with E-state index in [1.807, 2.05) is 20.8 Å². The maximum Gasteiger partial charge on any atom is 0.410 e. The van der Waals surface area contributed by atoms with E-state index in [0.29, 0.717) is 47.7 Å². The van der Waals surface area contributed by atoms with Crippen molar-refractivity contribution in [2.24, 2.45) is 0 Å². The highest BCUT2D eigenvalue weighted by atomic mass is 35.5. The molecule has 1 aliphatic rings. The van der Waals surface area contributed by atoms with Crippen molar-refractivity contribution in [2.75, 3.05) is 13.1 Å². The summed E-state index contributed by atoms with van der Waals surface area (Å²) >= 11 is 5.91. The molecule has 25 heavy (non-hydrogen) atoms. The van der Waals surface area contributed by atoms with Crippen LogP contribution in [0.1, 0.15) is 45.4 Å². The van der Waals surface area contributed by atoms with E-state index < -0.39 is 11.2 Å². The number of aromatic nitrogens is 1. The van der Waals surface area contributed by atoms with Gasteiger partial charge in [0.15, 0.2) is 0 Å². The van der Waals surface area contributed by atoms with E-state index in [-0.39, 0.29) is 12.0 Å². The molecule has 1 aromatic heterocycles. The number of halogens is 1. The van der Waals surface area contributed by atoms with Crippen molar-refractivity contribution in [3.05, 3.63) is 39.5 Å². The molecule has 0 N–H and O–H groups in total. The van der Waals surface area contributed by atoms with Crippen LogP contribution in [0.3, 0.4) is 0 Å². The molecule has 3 rings (SSSR count). The van der Waals surface area contributed by atoms with Gasteiger partial charge in [0, 0.05) is 24.0 Å². The van der Waals surface area contributed by atoms with E-state index in [4.69, 9.17) is 20.8 Å². The monoisotopic (exact) mass is 364 g/mol. The van der Waals surface area contributed by atoms with Gasteiger partial charge >= 0.3 is 11.7 Å². The highest BCUT2D eigenvalue weighted by molar-refractivity contribution is 6.31. The summed E-state index contributed by atoms with van der Waals surface area (Å²) in [6.45, 7) is 6.62. The van der Waals surface area contributed by atoms with Gasteiger partial charge < -0.3 is 14.1 Å². The molecule has 1 fully saturated rings. The fourth-order valence-electron chi connectivity index (χ4n) is 2.87. The Morgan fingerprint density at radius 2 is 2.00 bits per heavy atom. The second-order valence-electron chi connectivity index (χ2n) is 7.24. The smallest absolute Gasteiger partial charge is 0.410 e. The number of rotatable bonds is 1. The molecule has 0 spiro atoms. The largest absolute Gasteiger partial charge is 0.444 e. The average molecular weight is 365 g/mol. The van der Waals surface area contributed by atoms with Crippen molar-refractivity contribution in [1.29, 1.82) is 0 Å². The minimum atomic E-state index is -0.512. The highest BCUT2D eigenvalue weighted by Crippen LogP contribution is 2.28. The third kappa shape index (κ3) is 4.12. The minimum absolute atomic E-state index is 0.00599. The van der Waals surface area contributed by atoms with Crippen molar-refractivity contribution in [2.45, 2.75) is 45.1 Å². The average Bonchev–Trinajstić information content (AvgIpc) is 2.54. The van der Waals surface area contributed by atoms with Crippen LogP contribution in [0.2, 0.25) is 5.02 Å². The summed E-state index contributed by atoms with van der Waals surface area (Å²) in [4.78, 5) is 30.4. The Kier molecular flexibility index (Phi) is 4.73. The Morgan fingerprint density at radius 3 is 2.64 bits per heavy atom. The molecule has 1 aliphatic heterocycles. The number of fused-ring (bicyclic) bond motifs is 1. The van der Waals surface area contributed by atoms with Gasteiger partial charge in [-0.2, -0.15) is 0 Å². The second kappa shape index (κ2) is 6.67. The first kappa shape index (κ1) is 17.7. The predicted molar refractivity (Wildman–Crippen MR) is 95.1 cm³/mol. The molecule has 1 saturated heterocycles. The van der Waals surface area contributed by atoms with Gasteiger partial charge in [-0.15, -0.1) is 0 Å². The van der Waals surface area contributed by atoms with Crippen LogP contribution < -0.4 is 5.63 Å². The number of ether oxygens (including phenoxy) is 1. The molecule has 0 unspecified atom stereocenters. The van der Waals surface area contributed by atoms with Gasteiger partial charge in [-0.25, -0.2) is 14.6 Å². The Bertz CT molecular complexity index is 848. The zero-order valence-corrected chi connectivity index (χ0v) is 15.3. The SMILES string of the molecule is CC(C)(C)OC(=O)N1CCC(c2nc3ccc(Cl)cc3c(=O)o2)CC1. The number of carbonyl (C=O) groups excluding carboxylic acids is 1. The number of amides is 1. The van der Waals surface area contributed by atoms with Gasteiger partial charge in [0.05, 0.1) is 10.9 Å². The van der Waals surface area contributed by atoms with Crippen LogP contribution in [-0.4, -0.2) is 34.7 Å². The molecule has 0 radical (unpaired) electrons. The van der Waals surface area contributed by atoms with Crippen LogP contribution in [0.5, 0.6) is 0 Å². The number of piperidine rings is 1. The fraction of sp³-hybridized carbons (Fsp3) is 0.500. The first-order chi connectivity index (χ1) is 11.7. The van der Waals surface area contributed by atoms with E-state index in [0.717, 1.165) is 0 Å². The molecule has 0 saturated carbocycles. The summed E-state index contributed by atoms with van der Waals surface area (Å²) in [6, 6.07) is 4.98. The number of likely N-dealkylation sites (tertiary alicyclic amines) is 1. The van der Waals surface area contributed by atoms with Gasteiger partial charge in [-0.1, -0.05) is 11.6 Å². The summed E-state index contributed by atoms with van der Waals surface area (Å²) < 4.78 is 10.8. The molecule has 0 atom stereocenters. The normalized spacial score (nSPS) is 16.2. The van der Waals surface area contributed by atoms with E-state index >= 15 is 0 Å². The predicted octanol–water partition coefficient (Wildman–Crippen LogP) is 3.96. The zero-order chi connectivity index (χ0) is 18.2. The third-order valence-electron chi connectivity index (χ3n) is 4.10. The van der Waals surface area contributed by atoms with Crippen molar-refractivity contribution in [3.8, 4) is 0 Å². The zero-order valence-electron chi connectivity index (χ0n) is 14.5. The van der Waals surface area contributed by atoms with Crippen molar-refractivity contribution >= 4 is 28.6 Å². The molecule has 2 aromatic rings.